The zero-order valence-electron chi connectivity index (χ0n) is 14.1. The van der Waals surface area contributed by atoms with Crippen molar-refractivity contribution < 1.29 is 14.3 Å². The van der Waals surface area contributed by atoms with Gasteiger partial charge in [-0.1, -0.05) is 30.0 Å². The van der Waals surface area contributed by atoms with E-state index in [0.29, 0.717) is 5.88 Å². The predicted octanol–water partition coefficient (Wildman–Crippen LogP) is 3.65. The van der Waals surface area contributed by atoms with E-state index in [9.17, 15) is 4.79 Å². The maximum atomic E-state index is 11.9. The average molecular weight is 334 g/mol. The number of rotatable bonds is 5. The highest BCUT2D eigenvalue weighted by molar-refractivity contribution is 7.99. The lowest BCUT2D eigenvalue weighted by Gasteiger charge is -2.22. The monoisotopic (exact) mass is 334 g/mol. The van der Waals surface area contributed by atoms with Crippen LogP contribution in [0.2, 0.25) is 0 Å². The van der Waals surface area contributed by atoms with Gasteiger partial charge in [-0.2, -0.15) is 5.10 Å². The van der Waals surface area contributed by atoms with Crippen LogP contribution in [0.15, 0.2) is 40.1 Å². The first-order chi connectivity index (χ1) is 10.8. The number of aryl methyl sites for hydroxylation is 1. The Morgan fingerprint density at radius 3 is 2.48 bits per heavy atom. The standard InChI is InChI=1S/C17H22N2O3S/c1-12-15(23-13-9-7-6-8-10-13)16(22-14(20)11-21-5)19(18-12)17(2,3)4/h6-10H,11H2,1-5H3. The van der Waals surface area contributed by atoms with Gasteiger partial charge < -0.3 is 9.47 Å². The lowest BCUT2D eigenvalue weighted by molar-refractivity contribution is -0.139. The van der Waals surface area contributed by atoms with E-state index in [0.717, 1.165) is 15.5 Å². The summed E-state index contributed by atoms with van der Waals surface area (Å²) in [6, 6.07) is 9.94. The molecule has 2 rings (SSSR count). The minimum Gasteiger partial charge on any atom is -0.405 e. The Morgan fingerprint density at radius 1 is 1.26 bits per heavy atom. The normalized spacial score (nSPS) is 11.5. The van der Waals surface area contributed by atoms with Gasteiger partial charge >= 0.3 is 5.97 Å². The fourth-order valence-corrected chi connectivity index (χ4v) is 2.95. The molecule has 0 aliphatic carbocycles. The van der Waals surface area contributed by atoms with Crippen LogP contribution < -0.4 is 4.74 Å². The summed E-state index contributed by atoms with van der Waals surface area (Å²) in [4.78, 5) is 13.8. The second kappa shape index (κ2) is 7.19. The van der Waals surface area contributed by atoms with E-state index in [1.165, 1.54) is 18.9 Å². The fourth-order valence-electron chi connectivity index (χ4n) is 2.02. The number of nitrogens with zero attached hydrogens (tertiary/aromatic N) is 2. The quantitative estimate of drug-likeness (QED) is 0.781. The Kier molecular flexibility index (Phi) is 5.49. The summed E-state index contributed by atoms with van der Waals surface area (Å²) in [6.45, 7) is 7.88. The summed E-state index contributed by atoms with van der Waals surface area (Å²) in [5.41, 5.74) is 0.525. The van der Waals surface area contributed by atoms with Crippen molar-refractivity contribution in [3.8, 4) is 5.88 Å². The fraction of sp³-hybridized carbons (Fsp3) is 0.412. The zero-order chi connectivity index (χ0) is 17.0. The van der Waals surface area contributed by atoms with E-state index in [-0.39, 0.29) is 12.1 Å². The molecule has 0 spiro atoms. The molecule has 23 heavy (non-hydrogen) atoms. The van der Waals surface area contributed by atoms with Crippen LogP contribution in [0, 0.1) is 6.92 Å². The molecule has 0 atom stereocenters. The highest BCUT2D eigenvalue weighted by atomic mass is 32.2. The molecule has 0 saturated carbocycles. The van der Waals surface area contributed by atoms with Crippen molar-refractivity contribution in [2.75, 3.05) is 13.7 Å². The summed E-state index contributed by atoms with van der Waals surface area (Å²) in [6.07, 6.45) is 0. The molecule has 0 aliphatic rings. The van der Waals surface area contributed by atoms with Crippen molar-refractivity contribution in [2.45, 2.75) is 43.0 Å². The van der Waals surface area contributed by atoms with Gasteiger partial charge in [-0.25, -0.2) is 9.48 Å². The number of aromatic nitrogens is 2. The largest absolute Gasteiger partial charge is 0.405 e. The zero-order valence-corrected chi connectivity index (χ0v) is 14.9. The van der Waals surface area contributed by atoms with Gasteiger partial charge in [0.1, 0.15) is 6.61 Å². The van der Waals surface area contributed by atoms with Gasteiger partial charge in [-0.3, -0.25) is 0 Å². The van der Waals surface area contributed by atoms with Gasteiger partial charge in [0.15, 0.2) is 0 Å². The van der Waals surface area contributed by atoms with E-state index < -0.39 is 5.97 Å². The minimum absolute atomic E-state index is 0.0934. The average Bonchev–Trinajstić information content (AvgIpc) is 2.78. The third-order valence-electron chi connectivity index (χ3n) is 3.04. The van der Waals surface area contributed by atoms with Crippen LogP contribution in [-0.4, -0.2) is 29.5 Å². The number of ether oxygens (including phenoxy) is 2. The highest BCUT2D eigenvalue weighted by Crippen LogP contribution is 2.39. The van der Waals surface area contributed by atoms with Crippen LogP contribution in [-0.2, 0) is 15.1 Å². The molecule has 0 amide bonds. The van der Waals surface area contributed by atoms with Crippen LogP contribution in [0.1, 0.15) is 26.5 Å². The van der Waals surface area contributed by atoms with Gasteiger partial charge in [0.25, 0.3) is 0 Å². The van der Waals surface area contributed by atoms with E-state index in [1.807, 2.05) is 58.0 Å². The van der Waals surface area contributed by atoms with Gasteiger partial charge in [0.2, 0.25) is 5.88 Å². The van der Waals surface area contributed by atoms with Crippen molar-refractivity contribution in [2.24, 2.45) is 0 Å². The smallest absolute Gasteiger partial charge is 0.338 e. The number of esters is 1. The number of hydrogen-bond donors (Lipinski definition) is 0. The number of carbonyl (C=O) groups is 1. The van der Waals surface area contributed by atoms with Gasteiger partial charge in [0, 0.05) is 12.0 Å². The summed E-state index contributed by atoms with van der Waals surface area (Å²) in [7, 11) is 1.47. The molecule has 0 N–H and O–H groups in total. The van der Waals surface area contributed by atoms with Crippen LogP contribution in [0.4, 0.5) is 0 Å². The van der Waals surface area contributed by atoms with Gasteiger partial charge in [-0.05, 0) is 39.8 Å². The predicted molar refractivity (Wildman–Crippen MR) is 90.0 cm³/mol. The summed E-state index contributed by atoms with van der Waals surface area (Å²) >= 11 is 1.54. The molecule has 0 saturated heterocycles. The Balaban J connectivity index is 2.43. The molecular weight excluding hydrogens is 312 g/mol. The number of hydrogen-bond acceptors (Lipinski definition) is 5. The first-order valence-electron chi connectivity index (χ1n) is 7.35. The first kappa shape index (κ1) is 17.6. The number of benzene rings is 1. The van der Waals surface area contributed by atoms with Gasteiger partial charge in [-0.15, -0.1) is 0 Å². The van der Waals surface area contributed by atoms with Crippen LogP contribution >= 0.6 is 11.8 Å². The molecule has 0 aliphatic heterocycles. The molecule has 0 bridgehead atoms. The van der Waals surface area contributed by atoms with Crippen LogP contribution in [0.25, 0.3) is 0 Å². The Morgan fingerprint density at radius 2 is 1.91 bits per heavy atom. The van der Waals surface area contributed by atoms with Gasteiger partial charge in [0.05, 0.1) is 16.1 Å². The Bertz CT molecular complexity index is 675. The molecular formula is C17H22N2O3S. The molecule has 1 aromatic carbocycles. The summed E-state index contributed by atoms with van der Waals surface area (Å²) < 4.78 is 12.2. The van der Waals surface area contributed by atoms with E-state index >= 15 is 0 Å². The minimum atomic E-state index is -0.437. The molecule has 1 aromatic heterocycles. The maximum absolute atomic E-state index is 11.9. The third-order valence-corrected chi connectivity index (χ3v) is 4.22. The second-order valence-corrected chi connectivity index (χ2v) is 7.21. The van der Waals surface area contributed by atoms with Crippen molar-refractivity contribution in [1.29, 1.82) is 0 Å². The van der Waals surface area contributed by atoms with E-state index in [4.69, 9.17) is 9.47 Å². The third kappa shape index (κ3) is 4.36. The molecule has 2 aromatic rings. The van der Waals surface area contributed by atoms with Crippen molar-refractivity contribution in [3.05, 3.63) is 36.0 Å². The van der Waals surface area contributed by atoms with Crippen molar-refractivity contribution in [1.82, 2.24) is 9.78 Å². The number of methoxy groups -OCH3 is 1. The first-order valence-corrected chi connectivity index (χ1v) is 8.17. The summed E-state index contributed by atoms with van der Waals surface area (Å²) in [5, 5.41) is 4.57. The second-order valence-electron chi connectivity index (χ2n) is 6.12. The maximum Gasteiger partial charge on any atom is 0.338 e. The van der Waals surface area contributed by atoms with Crippen molar-refractivity contribution >= 4 is 17.7 Å². The van der Waals surface area contributed by atoms with E-state index in [2.05, 4.69) is 5.10 Å². The van der Waals surface area contributed by atoms with E-state index in [1.54, 1.807) is 4.68 Å². The molecule has 0 radical (unpaired) electrons. The topological polar surface area (TPSA) is 53.4 Å². The van der Waals surface area contributed by atoms with Crippen molar-refractivity contribution in [3.63, 3.8) is 0 Å². The molecule has 5 nitrogen and oxygen atoms in total. The SMILES string of the molecule is COCC(=O)Oc1c(Sc2ccccc2)c(C)nn1C(C)(C)C. The molecule has 1 heterocycles. The number of carbonyl (C=O) groups excluding carboxylic acids is 1. The van der Waals surface area contributed by atoms with Crippen LogP contribution in [0.3, 0.4) is 0 Å². The highest BCUT2D eigenvalue weighted by Gasteiger charge is 2.27. The molecule has 0 fully saturated rings. The lowest BCUT2D eigenvalue weighted by Crippen LogP contribution is -2.26. The Labute approximate surface area is 141 Å². The van der Waals surface area contributed by atoms with Crippen LogP contribution in [0.5, 0.6) is 5.88 Å². The lowest BCUT2D eigenvalue weighted by atomic mass is 10.1. The Hall–Kier alpha value is -1.79. The molecule has 6 heteroatoms. The molecule has 0 unspecified atom stereocenters. The molecule has 124 valence electrons. The summed E-state index contributed by atoms with van der Waals surface area (Å²) in [5.74, 6) is 0.0266.